The van der Waals surface area contributed by atoms with E-state index in [-0.39, 0.29) is 0 Å². The van der Waals surface area contributed by atoms with Crippen molar-refractivity contribution in [1.82, 2.24) is 5.32 Å². The van der Waals surface area contributed by atoms with Gasteiger partial charge in [-0.1, -0.05) is 53.9 Å². The summed E-state index contributed by atoms with van der Waals surface area (Å²) in [5.41, 5.74) is 0.557. The Morgan fingerprint density at radius 2 is 1.76 bits per heavy atom. The van der Waals surface area contributed by atoms with Gasteiger partial charge < -0.3 is 5.32 Å². The molecule has 0 amide bonds. The van der Waals surface area contributed by atoms with Crippen LogP contribution in [0, 0.1) is 46.8 Å². The van der Waals surface area contributed by atoms with Gasteiger partial charge in [0.1, 0.15) is 0 Å². The van der Waals surface area contributed by atoms with Crippen LogP contribution < -0.4 is 5.32 Å². The summed E-state index contributed by atoms with van der Waals surface area (Å²) in [6.07, 6.45) is 7.26. The Morgan fingerprint density at radius 1 is 1.10 bits per heavy atom. The van der Waals surface area contributed by atoms with Crippen LogP contribution in [0.25, 0.3) is 0 Å². The molecule has 0 radical (unpaired) electrons. The van der Waals surface area contributed by atoms with E-state index in [4.69, 9.17) is 0 Å². The molecule has 3 aliphatic rings. The molecule has 9 atom stereocenters. The van der Waals surface area contributed by atoms with Gasteiger partial charge in [-0.3, -0.25) is 0 Å². The van der Waals surface area contributed by atoms with Gasteiger partial charge in [-0.05, 0) is 66.7 Å². The van der Waals surface area contributed by atoms with Gasteiger partial charge in [0, 0.05) is 6.04 Å². The zero-order valence-corrected chi connectivity index (χ0v) is 15.2. The molecule has 0 aromatic heterocycles. The van der Waals surface area contributed by atoms with Crippen molar-refractivity contribution in [3.8, 4) is 0 Å². The Hall–Kier alpha value is -0.0400. The van der Waals surface area contributed by atoms with E-state index in [9.17, 15) is 0 Å². The van der Waals surface area contributed by atoms with Crippen LogP contribution in [0.5, 0.6) is 0 Å². The number of hydrogen-bond acceptors (Lipinski definition) is 1. The van der Waals surface area contributed by atoms with Crippen LogP contribution in [-0.2, 0) is 0 Å². The summed E-state index contributed by atoms with van der Waals surface area (Å²) in [4.78, 5) is 0. The lowest BCUT2D eigenvalue weighted by Gasteiger charge is -2.51. The maximum absolute atomic E-state index is 3.68. The highest BCUT2D eigenvalue weighted by atomic mass is 14.9. The summed E-state index contributed by atoms with van der Waals surface area (Å²) >= 11 is 0. The van der Waals surface area contributed by atoms with Gasteiger partial charge in [0.2, 0.25) is 0 Å². The van der Waals surface area contributed by atoms with Gasteiger partial charge >= 0.3 is 0 Å². The van der Waals surface area contributed by atoms with Crippen molar-refractivity contribution >= 4 is 0 Å². The summed E-state index contributed by atoms with van der Waals surface area (Å²) in [5, 5.41) is 3.68. The molecule has 3 saturated carbocycles. The smallest absolute Gasteiger partial charge is 0.00952 e. The summed E-state index contributed by atoms with van der Waals surface area (Å²) in [7, 11) is 2.19. The lowest BCUT2D eigenvalue weighted by molar-refractivity contribution is -0.0163. The van der Waals surface area contributed by atoms with Gasteiger partial charge in [0.15, 0.2) is 0 Å². The van der Waals surface area contributed by atoms with Gasteiger partial charge in [0.25, 0.3) is 0 Å². The second-order valence-electron chi connectivity index (χ2n) is 8.91. The topological polar surface area (TPSA) is 12.0 Å². The fraction of sp³-hybridized carbons (Fsp3) is 1.00. The normalized spacial score (nSPS) is 54.3. The predicted octanol–water partition coefficient (Wildman–Crippen LogP) is 4.97. The van der Waals surface area contributed by atoms with Crippen molar-refractivity contribution in [2.45, 2.75) is 72.8 Å². The minimum Gasteiger partial charge on any atom is -0.317 e. The van der Waals surface area contributed by atoms with E-state index in [2.05, 4.69) is 47.0 Å². The van der Waals surface area contributed by atoms with Crippen LogP contribution in [0.2, 0.25) is 0 Å². The number of fused-ring (bicyclic) bond motifs is 1. The summed E-state index contributed by atoms with van der Waals surface area (Å²) < 4.78 is 0. The minimum atomic E-state index is 0.557. The van der Waals surface area contributed by atoms with Crippen LogP contribution in [-0.4, -0.2) is 13.1 Å². The van der Waals surface area contributed by atoms with E-state index in [1.54, 1.807) is 0 Å². The highest BCUT2D eigenvalue weighted by molar-refractivity contribution is 5.12. The zero-order valence-electron chi connectivity index (χ0n) is 15.2. The van der Waals surface area contributed by atoms with Crippen LogP contribution in [0.3, 0.4) is 0 Å². The Balaban J connectivity index is 2.02. The lowest BCUT2D eigenvalue weighted by atomic mass is 9.55. The Labute approximate surface area is 132 Å². The average molecular weight is 292 g/mol. The Kier molecular flexibility index (Phi) is 4.19. The molecule has 0 saturated heterocycles. The van der Waals surface area contributed by atoms with Crippen molar-refractivity contribution in [3.05, 3.63) is 0 Å². The molecule has 0 spiro atoms. The van der Waals surface area contributed by atoms with Crippen LogP contribution in [0.1, 0.15) is 66.7 Å². The van der Waals surface area contributed by atoms with Crippen molar-refractivity contribution in [1.29, 1.82) is 0 Å². The van der Waals surface area contributed by atoms with E-state index in [0.29, 0.717) is 5.41 Å². The first kappa shape index (κ1) is 15.8. The largest absolute Gasteiger partial charge is 0.317 e. The third kappa shape index (κ3) is 2.06. The third-order valence-corrected chi connectivity index (χ3v) is 8.65. The average Bonchev–Trinajstić information content (AvgIpc) is 2.60. The van der Waals surface area contributed by atoms with Crippen molar-refractivity contribution in [2.24, 2.45) is 46.8 Å². The van der Waals surface area contributed by atoms with Crippen molar-refractivity contribution < 1.29 is 0 Å². The summed E-state index contributed by atoms with van der Waals surface area (Å²) in [6, 6.07) is 0.719. The molecule has 9 unspecified atom stereocenters. The van der Waals surface area contributed by atoms with Crippen LogP contribution >= 0.6 is 0 Å². The van der Waals surface area contributed by atoms with Gasteiger partial charge in [0.05, 0.1) is 0 Å². The Bertz CT molecular complexity index is 374. The highest BCUT2D eigenvalue weighted by Crippen LogP contribution is 2.69. The molecule has 3 fully saturated rings. The molecule has 3 aliphatic carbocycles. The third-order valence-electron chi connectivity index (χ3n) is 8.65. The first-order chi connectivity index (χ1) is 9.96. The Morgan fingerprint density at radius 3 is 2.38 bits per heavy atom. The molecule has 1 nitrogen and oxygen atoms in total. The maximum Gasteiger partial charge on any atom is 0.00952 e. The molecule has 0 heterocycles. The summed E-state index contributed by atoms with van der Waals surface area (Å²) in [5.74, 6) is 6.69. The second-order valence-corrected chi connectivity index (χ2v) is 8.91. The van der Waals surface area contributed by atoms with Crippen LogP contribution in [0.15, 0.2) is 0 Å². The fourth-order valence-electron chi connectivity index (χ4n) is 7.41. The minimum absolute atomic E-state index is 0.557. The quantitative estimate of drug-likeness (QED) is 0.774. The maximum atomic E-state index is 3.68. The molecular formula is C20H37N. The van der Waals surface area contributed by atoms with Gasteiger partial charge in [-0.15, -0.1) is 0 Å². The SMILES string of the molecule is CCC(NC)C1CC2CCCC(C)C3C2C(C)C1(C)C3C. The molecule has 0 aliphatic heterocycles. The summed E-state index contributed by atoms with van der Waals surface area (Å²) in [6.45, 7) is 12.8. The monoisotopic (exact) mass is 291 g/mol. The highest BCUT2D eigenvalue weighted by Gasteiger charge is 2.64. The number of hydrogen-bond donors (Lipinski definition) is 1. The van der Waals surface area contributed by atoms with E-state index >= 15 is 0 Å². The molecular weight excluding hydrogens is 254 g/mol. The van der Waals surface area contributed by atoms with Crippen molar-refractivity contribution in [3.63, 3.8) is 0 Å². The van der Waals surface area contributed by atoms with E-state index < -0.39 is 0 Å². The van der Waals surface area contributed by atoms with Crippen LogP contribution in [0.4, 0.5) is 0 Å². The lowest BCUT2D eigenvalue weighted by Crippen LogP contribution is -2.50. The fourth-order valence-corrected chi connectivity index (χ4v) is 7.41. The first-order valence-electron chi connectivity index (χ1n) is 9.64. The van der Waals surface area contributed by atoms with Gasteiger partial charge in [-0.25, -0.2) is 0 Å². The van der Waals surface area contributed by atoms with E-state index in [0.717, 1.165) is 47.5 Å². The number of rotatable bonds is 3. The molecule has 1 heteroatoms. The molecule has 0 aromatic rings. The molecule has 122 valence electrons. The van der Waals surface area contributed by atoms with Gasteiger partial charge in [-0.2, -0.15) is 0 Å². The molecule has 21 heavy (non-hydrogen) atoms. The molecule has 1 N–H and O–H groups in total. The second kappa shape index (κ2) is 5.55. The first-order valence-corrected chi connectivity index (χ1v) is 9.64. The number of nitrogens with one attached hydrogen (secondary N) is 1. The van der Waals surface area contributed by atoms with E-state index in [1.807, 2.05) is 0 Å². The molecule has 0 aromatic carbocycles. The van der Waals surface area contributed by atoms with E-state index in [1.165, 1.54) is 32.1 Å². The standard InChI is InChI=1S/C20H37N/c1-7-17(21-6)16-11-15-10-8-9-12(2)18-13(3)20(16,5)14(4)19(15)18/h12-19,21H,7-11H2,1-6H3. The molecule has 3 rings (SSSR count). The zero-order chi connectivity index (χ0) is 15.4. The van der Waals surface area contributed by atoms with Crippen molar-refractivity contribution in [2.75, 3.05) is 7.05 Å². The molecule has 2 bridgehead atoms. The predicted molar refractivity (Wildman–Crippen MR) is 91.2 cm³/mol.